The summed E-state index contributed by atoms with van der Waals surface area (Å²) < 4.78 is 16.5. The molecule has 0 N–H and O–H groups in total. The van der Waals surface area contributed by atoms with Crippen molar-refractivity contribution in [1.82, 2.24) is 14.5 Å². The third-order valence-electron chi connectivity index (χ3n) is 4.93. The van der Waals surface area contributed by atoms with Crippen LogP contribution < -0.4 is 4.90 Å². The average molecular weight is 443 g/mol. The molecule has 4 rings (SSSR count). The Kier molecular flexibility index (Phi) is 5.83. The van der Waals surface area contributed by atoms with Crippen LogP contribution in [0.15, 0.2) is 49.1 Å². The van der Waals surface area contributed by atoms with E-state index in [0.717, 1.165) is 27.4 Å². The van der Waals surface area contributed by atoms with E-state index >= 15 is 0 Å². The zero-order chi connectivity index (χ0) is 21.3. The number of aromatic nitrogens is 3. The Balaban J connectivity index is 1.70. The number of thiazole rings is 1. The van der Waals surface area contributed by atoms with Gasteiger partial charge in [-0.3, -0.25) is 9.69 Å². The summed E-state index contributed by atoms with van der Waals surface area (Å²) in [6.07, 6.45) is 6.05. The SMILES string of the molecule is Cc1ccc(C)c2sc(N(CCCn3ccnc3)C(=O)c3ccc(F)cc3Cl)nc12. The van der Waals surface area contributed by atoms with E-state index in [9.17, 15) is 9.18 Å². The Hall–Kier alpha value is -2.77. The van der Waals surface area contributed by atoms with Crippen LogP contribution in [0.4, 0.5) is 9.52 Å². The van der Waals surface area contributed by atoms with E-state index in [-0.39, 0.29) is 16.5 Å². The van der Waals surface area contributed by atoms with Crippen molar-refractivity contribution in [3.8, 4) is 0 Å². The Morgan fingerprint density at radius 3 is 2.73 bits per heavy atom. The van der Waals surface area contributed by atoms with Crippen molar-refractivity contribution >= 4 is 44.2 Å². The van der Waals surface area contributed by atoms with Crippen molar-refractivity contribution < 1.29 is 9.18 Å². The van der Waals surface area contributed by atoms with Gasteiger partial charge in [-0.1, -0.05) is 35.1 Å². The summed E-state index contributed by atoms with van der Waals surface area (Å²) in [6, 6.07) is 7.91. The summed E-state index contributed by atoms with van der Waals surface area (Å²) in [5.74, 6) is -0.769. The Bertz CT molecular complexity index is 1170. The number of amides is 1. The number of anilines is 1. The van der Waals surface area contributed by atoms with E-state index in [1.807, 2.05) is 30.7 Å². The topological polar surface area (TPSA) is 51.0 Å². The molecule has 0 unspecified atom stereocenters. The molecular weight excluding hydrogens is 423 g/mol. The summed E-state index contributed by atoms with van der Waals surface area (Å²) in [4.78, 5) is 23.8. The van der Waals surface area contributed by atoms with E-state index in [1.54, 1.807) is 17.4 Å². The first-order valence-electron chi connectivity index (χ1n) is 9.53. The predicted molar refractivity (Wildman–Crippen MR) is 119 cm³/mol. The van der Waals surface area contributed by atoms with Crippen LogP contribution in [0.5, 0.6) is 0 Å². The van der Waals surface area contributed by atoms with Crippen molar-refractivity contribution in [3.05, 3.63) is 76.6 Å². The van der Waals surface area contributed by atoms with Gasteiger partial charge in [0.1, 0.15) is 5.82 Å². The number of fused-ring (bicyclic) bond motifs is 1. The van der Waals surface area contributed by atoms with E-state index in [4.69, 9.17) is 16.6 Å². The van der Waals surface area contributed by atoms with Crippen molar-refractivity contribution in [3.63, 3.8) is 0 Å². The summed E-state index contributed by atoms with van der Waals surface area (Å²) in [5.41, 5.74) is 3.33. The molecule has 0 bridgehead atoms. The first-order chi connectivity index (χ1) is 14.4. The van der Waals surface area contributed by atoms with Crippen LogP contribution in [-0.4, -0.2) is 27.0 Å². The van der Waals surface area contributed by atoms with Crippen LogP contribution >= 0.6 is 22.9 Å². The smallest absolute Gasteiger partial charge is 0.261 e. The number of hydrogen-bond donors (Lipinski definition) is 0. The molecule has 0 saturated heterocycles. The Morgan fingerprint density at radius 2 is 2.03 bits per heavy atom. The fourth-order valence-electron chi connectivity index (χ4n) is 3.29. The second-order valence-corrected chi connectivity index (χ2v) is 8.49. The minimum Gasteiger partial charge on any atom is -0.337 e. The van der Waals surface area contributed by atoms with Crippen LogP contribution in [0, 0.1) is 19.7 Å². The predicted octanol–water partition coefficient (Wildman–Crippen LogP) is 5.64. The number of nitrogens with zero attached hydrogens (tertiary/aromatic N) is 4. The normalized spacial score (nSPS) is 11.2. The molecule has 0 radical (unpaired) electrons. The van der Waals surface area contributed by atoms with Crippen molar-refractivity contribution in [2.24, 2.45) is 0 Å². The van der Waals surface area contributed by atoms with E-state index in [0.29, 0.717) is 24.6 Å². The summed E-state index contributed by atoms with van der Waals surface area (Å²) in [5, 5.41) is 0.700. The maximum atomic E-state index is 13.5. The molecule has 0 saturated carbocycles. The molecule has 4 aromatic rings. The molecule has 5 nitrogen and oxygen atoms in total. The van der Waals surface area contributed by atoms with Gasteiger partial charge in [0.15, 0.2) is 5.13 Å². The van der Waals surface area contributed by atoms with Crippen LogP contribution in [0.1, 0.15) is 27.9 Å². The van der Waals surface area contributed by atoms with Gasteiger partial charge in [-0.15, -0.1) is 0 Å². The molecule has 2 aromatic heterocycles. The molecule has 8 heteroatoms. The molecule has 30 heavy (non-hydrogen) atoms. The monoisotopic (exact) mass is 442 g/mol. The summed E-state index contributed by atoms with van der Waals surface area (Å²) in [6.45, 7) is 5.20. The molecule has 0 atom stereocenters. The number of rotatable bonds is 6. The zero-order valence-corrected chi connectivity index (χ0v) is 18.2. The van der Waals surface area contributed by atoms with E-state index < -0.39 is 5.82 Å². The van der Waals surface area contributed by atoms with Crippen LogP contribution in [0.2, 0.25) is 5.02 Å². The lowest BCUT2D eigenvalue weighted by Gasteiger charge is -2.20. The van der Waals surface area contributed by atoms with Gasteiger partial charge < -0.3 is 4.57 Å². The number of halogens is 2. The molecule has 154 valence electrons. The molecule has 0 aliphatic rings. The highest BCUT2D eigenvalue weighted by molar-refractivity contribution is 7.22. The van der Waals surface area contributed by atoms with Gasteiger partial charge in [0, 0.05) is 25.5 Å². The third kappa shape index (κ3) is 4.08. The second-order valence-electron chi connectivity index (χ2n) is 7.11. The molecular formula is C22H20ClFN4OS. The van der Waals surface area contributed by atoms with Gasteiger partial charge in [-0.2, -0.15) is 0 Å². The van der Waals surface area contributed by atoms with Gasteiger partial charge in [0.2, 0.25) is 0 Å². The minimum absolute atomic E-state index is 0.0908. The van der Waals surface area contributed by atoms with Crippen LogP contribution in [-0.2, 0) is 6.54 Å². The highest BCUT2D eigenvalue weighted by atomic mass is 35.5. The van der Waals surface area contributed by atoms with E-state index in [1.165, 1.54) is 23.5 Å². The standard InChI is InChI=1S/C22H20ClFN4OS/c1-14-4-5-15(2)20-19(14)26-22(30-20)28(10-3-9-27-11-8-25-13-27)21(29)17-7-6-16(24)12-18(17)23/h4-8,11-13H,3,9-10H2,1-2H3. The number of benzene rings is 2. The first-order valence-corrected chi connectivity index (χ1v) is 10.7. The summed E-state index contributed by atoms with van der Waals surface area (Å²) in [7, 11) is 0. The number of hydrogen-bond acceptors (Lipinski definition) is 4. The molecule has 0 aliphatic carbocycles. The largest absolute Gasteiger partial charge is 0.337 e. The summed E-state index contributed by atoms with van der Waals surface area (Å²) >= 11 is 7.67. The Labute approximate surface area is 182 Å². The second kappa shape index (κ2) is 8.53. The van der Waals surface area contributed by atoms with Crippen molar-refractivity contribution in [2.75, 3.05) is 11.4 Å². The van der Waals surface area contributed by atoms with Gasteiger partial charge in [0.05, 0.1) is 27.1 Å². The molecule has 2 aromatic carbocycles. The quantitative estimate of drug-likeness (QED) is 0.388. The van der Waals surface area contributed by atoms with Crippen LogP contribution in [0.3, 0.4) is 0 Å². The molecule has 2 heterocycles. The molecule has 0 aliphatic heterocycles. The number of carbonyl (C=O) groups excluding carboxylic acids is 1. The minimum atomic E-state index is -0.477. The number of carbonyl (C=O) groups is 1. The maximum absolute atomic E-state index is 13.5. The van der Waals surface area contributed by atoms with Crippen molar-refractivity contribution in [1.29, 1.82) is 0 Å². The van der Waals surface area contributed by atoms with Gasteiger partial charge >= 0.3 is 0 Å². The zero-order valence-electron chi connectivity index (χ0n) is 16.6. The number of aryl methyl sites for hydroxylation is 3. The fourth-order valence-corrected chi connectivity index (χ4v) is 4.67. The van der Waals surface area contributed by atoms with Gasteiger partial charge in [-0.05, 0) is 49.6 Å². The number of imidazole rings is 1. The highest BCUT2D eigenvalue weighted by Crippen LogP contribution is 2.34. The third-order valence-corrected chi connectivity index (χ3v) is 6.45. The molecule has 0 spiro atoms. The molecule has 1 amide bonds. The first kappa shape index (κ1) is 20.5. The molecule has 0 fully saturated rings. The van der Waals surface area contributed by atoms with E-state index in [2.05, 4.69) is 11.1 Å². The van der Waals surface area contributed by atoms with Crippen molar-refractivity contribution in [2.45, 2.75) is 26.8 Å². The fraction of sp³-hybridized carbons (Fsp3) is 0.227. The van der Waals surface area contributed by atoms with Gasteiger partial charge in [-0.25, -0.2) is 14.4 Å². The lowest BCUT2D eigenvalue weighted by molar-refractivity contribution is 0.0986. The van der Waals surface area contributed by atoms with Gasteiger partial charge in [0.25, 0.3) is 5.91 Å². The lowest BCUT2D eigenvalue weighted by Crippen LogP contribution is -2.32. The lowest BCUT2D eigenvalue weighted by atomic mass is 10.1. The maximum Gasteiger partial charge on any atom is 0.261 e. The highest BCUT2D eigenvalue weighted by Gasteiger charge is 2.24. The van der Waals surface area contributed by atoms with Crippen LogP contribution in [0.25, 0.3) is 10.2 Å². The average Bonchev–Trinajstić information content (AvgIpc) is 3.38. The Morgan fingerprint density at radius 1 is 1.23 bits per heavy atom.